The van der Waals surface area contributed by atoms with Gasteiger partial charge in [0, 0.05) is 19.3 Å². The molecule has 0 fully saturated rings. The summed E-state index contributed by atoms with van der Waals surface area (Å²) >= 11 is 0. The lowest BCUT2D eigenvalue weighted by molar-refractivity contribution is 0.322. The van der Waals surface area contributed by atoms with E-state index in [0.29, 0.717) is 6.04 Å². The predicted octanol–water partition coefficient (Wildman–Crippen LogP) is 2.26. The summed E-state index contributed by atoms with van der Waals surface area (Å²) in [6.07, 6.45) is 4.30. The second-order valence-corrected chi connectivity index (χ2v) is 3.34. The van der Waals surface area contributed by atoms with Crippen molar-refractivity contribution >= 4 is 5.69 Å². The van der Waals surface area contributed by atoms with Crippen molar-refractivity contribution in [2.45, 2.75) is 13.0 Å². The van der Waals surface area contributed by atoms with Crippen molar-refractivity contribution in [2.75, 3.05) is 12.1 Å². The summed E-state index contributed by atoms with van der Waals surface area (Å²) in [6, 6.07) is 10.9. The van der Waals surface area contributed by atoms with Crippen molar-refractivity contribution in [1.29, 1.82) is 0 Å². The summed E-state index contributed by atoms with van der Waals surface area (Å²) in [5.74, 6) is 0. The van der Waals surface area contributed by atoms with E-state index in [1.807, 2.05) is 6.07 Å². The fourth-order valence-electron chi connectivity index (χ4n) is 1.48. The lowest BCUT2D eigenvalue weighted by atomic mass is 10.3. The third-order valence-corrected chi connectivity index (χ3v) is 2.46. The van der Waals surface area contributed by atoms with Crippen LogP contribution in [0.15, 0.2) is 42.6 Å². The van der Waals surface area contributed by atoms with Crippen molar-refractivity contribution in [3.8, 4) is 0 Å². The van der Waals surface area contributed by atoms with Gasteiger partial charge in [-0.2, -0.15) is 0 Å². The van der Waals surface area contributed by atoms with Gasteiger partial charge in [0.1, 0.15) is 0 Å². The Morgan fingerprint density at radius 3 is 2.38 bits per heavy atom. The number of hydrazine groups is 1. The van der Waals surface area contributed by atoms with Gasteiger partial charge in [0.2, 0.25) is 0 Å². The van der Waals surface area contributed by atoms with Crippen LogP contribution in [0.3, 0.4) is 0 Å². The molecule has 0 saturated heterocycles. The van der Waals surface area contributed by atoms with E-state index in [-0.39, 0.29) is 0 Å². The standard InChI is InChI=1S/C11H14N2/c1-10-8-9-13(12(10)2)11-6-4-3-5-7-11/h3-10H,1-2H3. The third kappa shape index (κ3) is 1.45. The molecule has 1 aliphatic rings. The van der Waals surface area contributed by atoms with Crippen LogP contribution in [0.1, 0.15) is 6.92 Å². The van der Waals surface area contributed by atoms with Gasteiger partial charge < -0.3 is 0 Å². The van der Waals surface area contributed by atoms with Crippen LogP contribution in [0.25, 0.3) is 0 Å². The molecule has 0 aromatic heterocycles. The van der Waals surface area contributed by atoms with Crippen molar-refractivity contribution in [2.24, 2.45) is 0 Å². The monoisotopic (exact) mass is 174 g/mol. The summed E-state index contributed by atoms with van der Waals surface area (Å²) in [5, 5.41) is 4.36. The molecule has 1 atom stereocenters. The van der Waals surface area contributed by atoms with Crippen molar-refractivity contribution in [1.82, 2.24) is 5.01 Å². The number of benzene rings is 1. The quantitative estimate of drug-likeness (QED) is 0.644. The summed E-state index contributed by atoms with van der Waals surface area (Å²) < 4.78 is 0. The summed E-state index contributed by atoms with van der Waals surface area (Å²) in [6.45, 7) is 2.18. The fraction of sp³-hybridized carbons (Fsp3) is 0.273. The Labute approximate surface area is 79.1 Å². The molecule has 0 bridgehead atoms. The minimum absolute atomic E-state index is 0.486. The highest BCUT2D eigenvalue weighted by molar-refractivity contribution is 5.49. The van der Waals surface area contributed by atoms with E-state index in [9.17, 15) is 0 Å². The topological polar surface area (TPSA) is 6.48 Å². The lowest BCUT2D eigenvalue weighted by Gasteiger charge is -2.28. The summed E-state index contributed by atoms with van der Waals surface area (Å²) in [5.41, 5.74) is 1.21. The Hall–Kier alpha value is -1.28. The maximum absolute atomic E-state index is 2.20. The molecule has 2 nitrogen and oxygen atoms in total. The Morgan fingerprint density at radius 1 is 1.15 bits per heavy atom. The van der Waals surface area contributed by atoms with Crippen LogP contribution < -0.4 is 5.01 Å². The Morgan fingerprint density at radius 2 is 1.85 bits per heavy atom. The zero-order chi connectivity index (χ0) is 9.26. The largest absolute Gasteiger partial charge is 0.282 e. The highest BCUT2D eigenvalue weighted by atomic mass is 15.6. The predicted molar refractivity (Wildman–Crippen MR) is 55.3 cm³/mol. The van der Waals surface area contributed by atoms with E-state index in [2.05, 4.69) is 60.5 Å². The van der Waals surface area contributed by atoms with Crippen molar-refractivity contribution in [3.05, 3.63) is 42.6 Å². The number of anilines is 1. The van der Waals surface area contributed by atoms with Crippen LogP contribution in [0, 0.1) is 0 Å². The summed E-state index contributed by atoms with van der Waals surface area (Å²) in [7, 11) is 2.09. The number of nitrogens with zero attached hydrogens (tertiary/aromatic N) is 2. The second kappa shape index (κ2) is 3.23. The van der Waals surface area contributed by atoms with E-state index in [0.717, 1.165) is 0 Å². The molecule has 68 valence electrons. The molecule has 2 rings (SSSR count). The number of likely N-dealkylation sites (N-methyl/N-ethyl adjacent to an activating group) is 1. The van der Waals surface area contributed by atoms with E-state index in [4.69, 9.17) is 0 Å². The number of rotatable bonds is 1. The first-order valence-corrected chi connectivity index (χ1v) is 4.54. The maximum atomic E-state index is 2.20. The van der Waals surface area contributed by atoms with Crippen LogP contribution in [-0.4, -0.2) is 18.1 Å². The molecular formula is C11H14N2. The van der Waals surface area contributed by atoms with Crippen molar-refractivity contribution < 1.29 is 0 Å². The van der Waals surface area contributed by atoms with E-state index >= 15 is 0 Å². The van der Waals surface area contributed by atoms with E-state index < -0.39 is 0 Å². The van der Waals surface area contributed by atoms with Crippen LogP contribution in [0.4, 0.5) is 5.69 Å². The average molecular weight is 174 g/mol. The molecule has 1 aliphatic heterocycles. The molecule has 1 heterocycles. The molecule has 2 heteroatoms. The molecule has 0 saturated carbocycles. The molecule has 1 aromatic carbocycles. The average Bonchev–Trinajstić information content (AvgIpc) is 2.49. The third-order valence-electron chi connectivity index (χ3n) is 2.46. The second-order valence-electron chi connectivity index (χ2n) is 3.34. The molecule has 13 heavy (non-hydrogen) atoms. The molecule has 0 radical (unpaired) electrons. The summed E-state index contributed by atoms with van der Waals surface area (Å²) in [4.78, 5) is 0. The Kier molecular flexibility index (Phi) is 2.07. The van der Waals surface area contributed by atoms with Crippen LogP contribution in [-0.2, 0) is 0 Å². The highest BCUT2D eigenvalue weighted by Crippen LogP contribution is 2.21. The highest BCUT2D eigenvalue weighted by Gasteiger charge is 2.18. The molecule has 0 N–H and O–H groups in total. The first kappa shape index (κ1) is 8.32. The minimum Gasteiger partial charge on any atom is -0.282 e. The van der Waals surface area contributed by atoms with E-state index in [1.54, 1.807) is 0 Å². The zero-order valence-corrected chi connectivity index (χ0v) is 8.01. The first-order chi connectivity index (χ1) is 6.29. The fourth-order valence-corrected chi connectivity index (χ4v) is 1.48. The number of hydrogen-bond donors (Lipinski definition) is 0. The van der Waals surface area contributed by atoms with Gasteiger partial charge in [-0.1, -0.05) is 18.2 Å². The number of para-hydroxylation sites is 1. The molecule has 0 amide bonds. The first-order valence-electron chi connectivity index (χ1n) is 4.54. The minimum atomic E-state index is 0.486. The molecular weight excluding hydrogens is 160 g/mol. The van der Waals surface area contributed by atoms with Crippen LogP contribution >= 0.6 is 0 Å². The Balaban J connectivity index is 2.24. The van der Waals surface area contributed by atoms with Gasteiger partial charge >= 0.3 is 0 Å². The van der Waals surface area contributed by atoms with Crippen LogP contribution in [0.2, 0.25) is 0 Å². The van der Waals surface area contributed by atoms with Gasteiger partial charge in [0.25, 0.3) is 0 Å². The number of hydrogen-bond acceptors (Lipinski definition) is 2. The van der Waals surface area contributed by atoms with Gasteiger partial charge in [-0.05, 0) is 25.1 Å². The zero-order valence-electron chi connectivity index (χ0n) is 8.01. The van der Waals surface area contributed by atoms with Gasteiger partial charge in [0.15, 0.2) is 0 Å². The van der Waals surface area contributed by atoms with Crippen molar-refractivity contribution in [3.63, 3.8) is 0 Å². The van der Waals surface area contributed by atoms with E-state index in [1.165, 1.54) is 5.69 Å². The van der Waals surface area contributed by atoms with Gasteiger partial charge in [-0.15, -0.1) is 0 Å². The van der Waals surface area contributed by atoms with Gasteiger partial charge in [-0.25, -0.2) is 5.01 Å². The molecule has 1 unspecified atom stereocenters. The van der Waals surface area contributed by atoms with Gasteiger partial charge in [-0.3, -0.25) is 5.01 Å². The molecule has 0 aliphatic carbocycles. The molecule has 1 aromatic rings. The maximum Gasteiger partial charge on any atom is 0.0573 e. The lowest BCUT2D eigenvalue weighted by Crippen LogP contribution is -2.35. The normalized spacial score (nSPS) is 22.6. The Bertz CT molecular complexity index is 305. The molecule has 0 spiro atoms. The van der Waals surface area contributed by atoms with Gasteiger partial charge in [0.05, 0.1) is 5.69 Å². The smallest absolute Gasteiger partial charge is 0.0573 e. The SMILES string of the molecule is CC1C=CN(c2ccccc2)N1C. The van der Waals surface area contributed by atoms with Crippen LogP contribution in [0.5, 0.6) is 0 Å².